The zero-order chi connectivity index (χ0) is 24.7. The van der Waals surface area contributed by atoms with Crippen LogP contribution in [0.2, 0.25) is 0 Å². The zero-order valence-corrected chi connectivity index (χ0v) is 22.6. The van der Waals surface area contributed by atoms with Gasteiger partial charge in [0.15, 0.2) is 0 Å². The van der Waals surface area contributed by atoms with Crippen LogP contribution in [-0.2, 0) is 9.31 Å². The summed E-state index contributed by atoms with van der Waals surface area (Å²) in [5.41, 5.74) is 8.68. The molecule has 1 saturated carbocycles. The van der Waals surface area contributed by atoms with Crippen molar-refractivity contribution in [2.45, 2.75) is 88.1 Å². The lowest BCUT2D eigenvalue weighted by Crippen LogP contribution is -2.41. The highest BCUT2D eigenvalue weighted by molar-refractivity contribution is 7.99. The maximum absolute atomic E-state index is 6.50. The summed E-state index contributed by atoms with van der Waals surface area (Å²) in [7, 11) is -0.285. The van der Waals surface area contributed by atoms with E-state index in [0.29, 0.717) is 17.1 Å². The minimum atomic E-state index is -0.320. The Hall–Kier alpha value is -2.02. The molecule has 4 nitrogen and oxygen atoms in total. The van der Waals surface area contributed by atoms with Crippen molar-refractivity contribution in [2.24, 2.45) is 0 Å². The van der Waals surface area contributed by atoms with E-state index in [1.165, 1.54) is 65.6 Å². The number of imidazole rings is 1. The van der Waals surface area contributed by atoms with E-state index in [1.54, 1.807) is 5.56 Å². The maximum Gasteiger partial charge on any atom is 0.495 e. The summed E-state index contributed by atoms with van der Waals surface area (Å²) in [4.78, 5) is 8.28. The van der Waals surface area contributed by atoms with Gasteiger partial charge >= 0.3 is 7.12 Å². The van der Waals surface area contributed by atoms with E-state index in [0.717, 1.165) is 11.5 Å². The first-order chi connectivity index (χ1) is 17.3. The molecule has 36 heavy (non-hydrogen) atoms. The molecule has 3 aromatic rings. The molecule has 1 N–H and O–H groups in total. The lowest BCUT2D eigenvalue weighted by atomic mass is 9.70. The van der Waals surface area contributed by atoms with Crippen LogP contribution in [0.4, 0.5) is 0 Å². The Kier molecular flexibility index (Phi) is 5.30. The van der Waals surface area contributed by atoms with Crippen molar-refractivity contribution < 1.29 is 9.31 Å². The summed E-state index contributed by atoms with van der Waals surface area (Å²) >= 11 is 2.02. The number of benzene rings is 2. The molecule has 2 aromatic carbocycles. The van der Waals surface area contributed by atoms with Gasteiger partial charge in [-0.25, -0.2) is 4.98 Å². The molecule has 3 heterocycles. The number of aromatic nitrogens is 2. The van der Waals surface area contributed by atoms with Crippen molar-refractivity contribution in [3.8, 4) is 22.4 Å². The minimum absolute atomic E-state index is 0.285. The van der Waals surface area contributed by atoms with Crippen molar-refractivity contribution in [3.63, 3.8) is 0 Å². The summed E-state index contributed by atoms with van der Waals surface area (Å²) in [5, 5.41) is 0.526. The molecule has 2 saturated heterocycles. The van der Waals surface area contributed by atoms with E-state index in [1.807, 2.05) is 18.0 Å². The third kappa shape index (κ3) is 3.55. The molecule has 2 unspecified atom stereocenters. The molecule has 4 aliphatic rings. The predicted molar refractivity (Wildman–Crippen MR) is 149 cm³/mol. The van der Waals surface area contributed by atoms with E-state index in [2.05, 4.69) is 69.1 Å². The maximum atomic E-state index is 6.50. The van der Waals surface area contributed by atoms with Gasteiger partial charge in [0.05, 0.1) is 28.3 Å². The molecule has 2 aliphatic heterocycles. The van der Waals surface area contributed by atoms with Gasteiger partial charge < -0.3 is 14.3 Å². The van der Waals surface area contributed by atoms with Gasteiger partial charge in [-0.2, -0.15) is 11.8 Å². The fourth-order valence-electron chi connectivity index (χ4n) is 6.75. The van der Waals surface area contributed by atoms with Crippen LogP contribution < -0.4 is 5.46 Å². The monoisotopic (exact) mass is 498 g/mol. The molecule has 0 amide bonds. The van der Waals surface area contributed by atoms with Gasteiger partial charge in [0, 0.05) is 0 Å². The lowest BCUT2D eigenvalue weighted by Gasteiger charge is -2.32. The van der Waals surface area contributed by atoms with Gasteiger partial charge in [0.1, 0.15) is 5.82 Å². The second-order valence-corrected chi connectivity index (χ2v) is 13.4. The Morgan fingerprint density at radius 2 is 1.58 bits per heavy atom. The summed E-state index contributed by atoms with van der Waals surface area (Å²) in [6.07, 6.45) is 8.37. The lowest BCUT2D eigenvalue weighted by molar-refractivity contribution is 0.00578. The Bertz CT molecular complexity index is 1290. The number of thioether (sulfide) groups is 1. The first kappa shape index (κ1) is 23.1. The number of hydrogen-bond acceptors (Lipinski definition) is 4. The highest BCUT2D eigenvalue weighted by Gasteiger charge is 2.53. The van der Waals surface area contributed by atoms with Crippen LogP contribution in [0.1, 0.15) is 93.8 Å². The highest BCUT2D eigenvalue weighted by Crippen LogP contribution is 2.55. The normalized spacial score (nSPS) is 27.7. The van der Waals surface area contributed by atoms with Crippen molar-refractivity contribution in [3.05, 3.63) is 59.5 Å². The number of H-pyrrole nitrogens is 1. The van der Waals surface area contributed by atoms with Crippen LogP contribution in [-0.4, -0.2) is 34.0 Å². The van der Waals surface area contributed by atoms with Crippen LogP contribution in [0.3, 0.4) is 0 Å². The van der Waals surface area contributed by atoms with Crippen LogP contribution in [0.5, 0.6) is 0 Å². The fraction of sp³-hybridized carbons (Fsp3) is 0.500. The number of rotatable bonds is 4. The average molecular weight is 499 g/mol. The Balaban J connectivity index is 1.22. The van der Waals surface area contributed by atoms with Crippen LogP contribution in [0, 0.1) is 0 Å². The van der Waals surface area contributed by atoms with E-state index in [9.17, 15) is 0 Å². The van der Waals surface area contributed by atoms with Crippen molar-refractivity contribution in [1.82, 2.24) is 9.97 Å². The SMILES string of the molecule is CC1(C)OB(c2ccc(-c3ccc(-c4cnc([C@H]5CCCS5)[nH]4)cc3)c3c2C2CCC3C2)OC1(C)C. The smallest absolute Gasteiger partial charge is 0.399 e. The molecule has 186 valence electrons. The van der Waals surface area contributed by atoms with Crippen LogP contribution in [0.15, 0.2) is 42.6 Å². The topological polar surface area (TPSA) is 47.1 Å². The quantitative estimate of drug-likeness (QED) is 0.395. The van der Waals surface area contributed by atoms with Gasteiger partial charge in [0.25, 0.3) is 0 Å². The van der Waals surface area contributed by atoms with Gasteiger partial charge in [-0.15, -0.1) is 0 Å². The van der Waals surface area contributed by atoms with Crippen LogP contribution >= 0.6 is 11.8 Å². The molecule has 2 aliphatic carbocycles. The summed E-state index contributed by atoms with van der Waals surface area (Å²) < 4.78 is 13.0. The molecule has 1 aromatic heterocycles. The average Bonchev–Trinajstić information content (AvgIpc) is 3.67. The third-order valence-corrected chi connectivity index (χ3v) is 10.8. The van der Waals surface area contributed by atoms with Crippen LogP contribution in [0.25, 0.3) is 22.4 Å². The second kappa shape index (κ2) is 8.24. The standard InChI is InChI=1S/C30H35BN2O2S/c1-29(2)30(3,4)35-31(34-29)23-14-13-22(26-20-11-12-21(16-20)27(23)26)18-7-9-19(10-8-18)24-17-32-28(33-24)25-6-5-15-36-25/h7-10,13-14,17,20-21,25H,5-6,11-12,15-16H2,1-4H3,(H,32,33)/t20?,21?,25-/m1/s1. The number of hydrogen-bond donors (Lipinski definition) is 1. The first-order valence-corrected chi connectivity index (χ1v) is 14.7. The number of fused-ring (bicyclic) bond motifs is 5. The number of nitrogens with zero attached hydrogens (tertiary/aromatic N) is 1. The van der Waals surface area contributed by atoms with Gasteiger partial charge in [0.2, 0.25) is 0 Å². The van der Waals surface area contributed by atoms with E-state index in [-0.39, 0.29) is 18.3 Å². The Labute approximate surface area is 219 Å². The molecular formula is C30H35BN2O2S. The molecule has 3 fully saturated rings. The zero-order valence-electron chi connectivity index (χ0n) is 21.8. The molecule has 6 heteroatoms. The second-order valence-electron chi connectivity index (χ2n) is 12.1. The van der Waals surface area contributed by atoms with Crippen molar-refractivity contribution >= 4 is 24.3 Å². The van der Waals surface area contributed by atoms with E-state index >= 15 is 0 Å². The summed E-state index contributed by atoms with van der Waals surface area (Å²) in [5.74, 6) is 3.66. The predicted octanol–water partition coefficient (Wildman–Crippen LogP) is 6.98. The molecule has 2 bridgehead atoms. The van der Waals surface area contributed by atoms with Crippen molar-refractivity contribution in [1.29, 1.82) is 0 Å². The Morgan fingerprint density at radius 1 is 0.889 bits per heavy atom. The molecule has 3 atom stereocenters. The minimum Gasteiger partial charge on any atom is -0.399 e. The number of aromatic amines is 1. The molecule has 0 spiro atoms. The molecule has 7 rings (SSSR count). The first-order valence-electron chi connectivity index (χ1n) is 13.6. The molecular weight excluding hydrogens is 463 g/mol. The van der Waals surface area contributed by atoms with Gasteiger partial charge in [-0.1, -0.05) is 36.4 Å². The van der Waals surface area contributed by atoms with E-state index < -0.39 is 0 Å². The van der Waals surface area contributed by atoms with E-state index in [4.69, 9.17) is 14.3 Å². The largest absolute Gasteiger partial charge is 0.495 e. The summed E-state index contributed by atoms with van der Waals surface area (Å²) in [6.45, 7) is 8.57. The van der Waals surface area contributed by atoms with Gasteiger partial charge in [-0.3, -0.25) is 0 Å². The fourth-order valence-corrected chi connectivity index (χ4v) is 7.98. The van der Waals surface area contributed by atoms with Gasteiger partial charge in [-0.05, 0) is 111 Å². The Morgan fingerprint density at radius 3 is 2.28 bits per heavy atom. The molecule has 0 radical (unpaired) electrons. The summed E-state index contributed by atoms with van der Waals surface area (Å²) in [6, 6.07) is 13.7. The third-order valence-electron chi connectivity index (χ3n) is 9.41. The van der Waals surface area contributed by atoms with Crippen molar-refractivity contribution in [2.75, 3.05) is 5.75 Å². The number of nitrogens with one attached hydrogen (secondary N) is 1. The highest BCUT2D eigenvalue weighted by atomic mass is 32.2.